The van der Waals surface area contributed by atoms with Crippen LogP contribution in [0.2, 0.25) is 0 Å². The molecule has 0 saturated carbocycles. The van der Waals surface area contributed by atoms with Crippen LogP contribution in [0.25, 0.3) is 0 Å². The van der Waals surface area contributed by atoms with Crippen molar-refractivity contribution in [2.75, 3.05) is 13.2 Å². The maximum atomic E-state index is 11.2. The van der Waals surface area contributed by atoms with Gasteiger partial charge >= 0.3 is 0 Å². The van der Waals surface area contributed by atoms with Crippen molar-refractivity contribution in [2.24, 2.45) is 0 Å². The second-order valence-electron chi connectivity index (χ2n) is 4.16. The van der Waals surface area contributed by atoms with Gasteiger partial charge in [-0.2, -0.15) is 0 Å². The lowest BCUT2D eigenvalue weighted by molar-refractivity contribution is -0.121. The van der Waals surface area contributed by atoms with E-state index in [4.69, 9.17) is 10.2 Å². The summed E-state index contributed by atoms with van der Waals surface area (Å²) < 4.78 is 0. The molecular formula is C12H25NO3. The average molecular weight is 231 g/mol. The number of amides is 1. The molecule has 1 amide bonds. The topological polar surface area (TPSA) is 69.6 Å². The quantitative estimate of drug-likeness (QED) is 0.495. The van der Waals surface area contributed by atoms with E-state index in [0.717, 1.165) is 12.8 Å². The van der Waals surface area contributed by atoms with E-state index in [-0.39, 0.29) is 19.1 Å². The number of hydrogen-bond donors (Lipinski definition) is 3. The summed E-state index contributed by atoms with van der Waals surface area (Å²) in [5, 5.41) is 20.1. The summed E-state index contributed by atoms with van der Waals surface area (Å²) in [4.78, 5) is 11.2. The van der Waals surface area contributed by atoms with Crippen molar-refractivity contribution < 1.29 is 15.0 Å². The van der Waals surface area contributed by atoms with Gasteiger partial charge in [0.1, 0.15) is 0 Å². The molecule has 1 unspecified atom stereocenters. The molecule has 0 aromatic rings. The Hall–Kier alpha value is -0.610. The van der Waals surface area contributed by atoms with Crippen molar-refractivity contribution in [2.45, 2.75) is 58.0 Å². The molecule has 3 N–H and O–H groups in total. The Balaban J connectivity index is 3.24. The number of unbranched alkanes of at least 4 members (excludes halogenated alkanes) is 5. The molecule has 0 radical (unpaired) electrons. The maximum Gasteiger partial charge on any atom is 0.220 e. The van der Waals surface area contributed by atoms with Gasteiger partial charge in [0.25, 0.3) is 0 Å². The van der Waals surface area contributed by atoms with E-state index in [0.29, 0.717) is 6.42 Å². The van der Waals surface area contributed by atoms with Crippen LogP contribution in [0.5, 0.6) is 0 Å². The molecule has 0 aliphatic rings. The molecule has 0 bridgehead atoms. The molecule has 1 atom stereocenters. The van der Waals surface area contributed by atoms with E-state index >= 15 is 0 Å². The minimum absolute atomic E-state index is 0.0389. The van der Waals surface area contributed by atoms with Gasteiger partial charge in [0.2, 0.25) is 5.91 Å². The fourth-order valence-electron chi connectivity index (χ4n) is 1.45. The first-order valence-electron chi connectivity index (χ1n) is 6.26. The zero-order valence-corrected chi connectivity index (χ0v) is 10.2. The largest absolute Gasteiger partial charge is 0.394 e. The SMILES string of the molecule is CCCCCCCCC(=O)NCC(O)CO. The normalized spacial score (nSPS) is 12.4. The molecular weight excluding hydrogens is 206 g/mol. The van der Waals surface area contributed by atoms with Crippen molar-refractivity contribution in [3.05, 3.63) is 0 Å². The molecule has 4 nitrogen and oxygen atoms in total. The summed E-state index contributed by atoms with van der Waals surface area (Å²) in [7, 11) is 0. The van der Waals surface area contributed by atoms with Crippen LogP contribution in [0, 0.1) is 0 Å². The number of nitrogens with one attached hydrogen (secondary N) is 1. The molecule has 16 heavy (non-hydrogen) atoms. The molecule has 0 aromatic heterocycles. The highest BCUT2D eigenvalue weighted by atomic mass is 16.3. The van der Waals surface area contributed by atoms with E-state index < -0.39 is 6.10 Å². The maximum absolute atomic E-state index is 11.2. The Labute approximate surface area is 98.1 Å². The van der Waals surface area contributed by atoms with Crippen LogP contribution in [0.4, 0.5) is 0 Å². The summed E-state index contributed by atoms with van der Waals surface area (Å²) in [6.07, 6.45) is 6.63. The lowest BCUT2D eigenvalue weighted by Gasteiger charge is -2.08. The first-order valence-corrected chi connectivity index (χ1v) is 6.26. The summed E-state index contributed by atoms with van der Waals surface area (Å²) in [5.41, 5.74) is 0. The van der Waals surface area contributed by atoms with Crippen molar-refractivity contribution in [3.8, 4) is 0 Å². The van der Waals surface area contributed by atoms with Gasteiger partial charge in [-0.1, -0.05) is 39.0 Å². The number of hydrogen-bond acceptors (Lipinski definition) is 3. The fraction of sp³-hybridized carbons (Fsp3) is 0.917. The number of aliphatic hydroxyl groups is 2. The molecule has 0 saturated heterocycles. The van der Waals surface area contributed by atoms with E-state index in [2.05, 4.69) is 12.2 Å². The molecule has 0 aliphatic heterocycles. The Kier molecular flexibility index (Phi) is 10.5. The van der Waals surface area contributed by atoms with Crippen LogP contribution in [-0.4, -0.2) is 35.4 Å². The third kappa shape index (κ3) is 9.93. The molecule has 0 aliphatic carbocycles. The smallest absolute Gasteiger partial charge is 0.220 e. The van der Waals surface area contributed by atoms with Crippen LogP contribution >= 0.6 is 0 Å². The number of aliphatic hydroxyl groups excluding tert-OH is 2. The Bertz CT molecular complexity index is 174. The zero-order valence-electron chi connectivity index (χ0n) is 10.2. The number of carbonyl (C=O) groups is 1. The third-order valence-corrected chi connectivity index (χ3v) is 2.50. The van der Waals surface area contributed by atoms with Gasteiger partial charge in [0, 0.05) is 13.0 Å². The lowest BCUT2D eigenvalue weighted by Crippen LogP contribution is -2.33. The van der Waals surface area contributed by atoms with E-state index in [9.17, 15) is 4.79 Å². The number of carbonyl (C=O) groups excluding carboxylic acids is 1. The first kappa shape index (κ1) is 15.4. The van der Waals surface area contributed by atoms with Crippen molar-refractivity contribution in [1.82, 2.24) is 5.32 Å². The first-order chi connectivity index (χ1) is 7.70. The molecule has 0 fully saturated rings. The van der Waals surface area contributed by atoms with Crippen LogP contribution < -0.4 is 5.32 Å². The lowest BCUT2D eigenvalue weighted by atomic mass is 10.1. The average Bonchev–Trinajstić information content (AvgIpc) is 2.30. The third-order valence-electron chi connectivity index (χ3n) is 2.50. The van der Waals surface area contributed by atoms with Gasteiger partial charge < -0.3 is 15.5 Å². The van der Waals surface area contributed by atoms with Crippen LogP contribution in [0.3, 0.4) is 0 Å². The van der Waals surface area contributed by atoms with Crippen LogP contribution in [-0.2, 0) is 4.79 Å². The predicted octanol–water partition coefficient (Wildman–Crippen LogP) is 1.21. The van der Waals surface area contributed by atoms with Crippen molar-refractivity contribution in [3.63, 3.8) is 0 Å². The Morgan fingerprint density at radius 1 is 1.19 bits per heavy atom. The van der Waals surface area contributed by atoms with Gasteiger partial charge in [0.15, 0.2) is 0 Å². The second kappa shape index (κ2) is 10.9. The Morgan fingerprint density at radius 2 is 1.81 bits per heavy atom. The highest BCUT2D eigenvalue weighted by Crippen LogP contribution is 2.06. The van der Waals surface area contributed by atoms with Gasteiger partial charge in [-0.05, 0) is 6.42 Å². The van der Waals surface area contributed by atoms with E-state index in [1.807, 2.05) is 0 Å². The highest BCUT2D eigenvalue weighted by Gasteiger charge is 2.04. The molecule has 0 rings (SSSR count). The molecule has 0 spiro atoms. The summed E-state index contributed by atoms with van der Waals surface area (Å²) in [6.45, 7) is 2.02. The summed E-state index contributed by atoms with van der Waals surface area (Å²) >= 11 is 0. The standard InChI is InChI=1S/C12H25NO3/c1-2-3-4-5-6-7-8-12(16)13-9-11(15)10-14/h11,14-15H,2-10H2,1H3,(H,13,16). The molecule has 4 heteroatoms. The second-order valence-corrected chi connectivity index (χ2v) is 4.16. The fourth-order valence-corrected chi connectivity index (χ4v) is 1.45. The highest BCUT2D eigenvalue weighted by molar-refractivity contribution is 5.75. The molecule has 0 aromatic carbocycles. The monoisotopic (exact) mass is 231 g/mol. The Morgan fingerprint density at radius 3 is 2.44 bits per heavy atom. The van der Waals surface area contributed by atoms with Crippen molar-refractivity contribution in [1.29, 1.82) is 0 Å². The van der Waals surface area contributed by atoms with E-state index in [1.54, 1.807) is 0 Å². The van der Waals surface area contributed by atoms with Crippen LogP contribution in [0.15, 0.2) is 0 Å². The zero-order chi connectivity index (χ0) is 12.2. The van der Waals surface area contributed by atoms with Crippen LogP contribution in [0.1, 0.15) is 51.9 Å². The van der Waals surface area contributed by atoms with Gasteiger partial charge in [-0.25, -0.2) is 0 Å². The molecule has 96 valence electrons. The predicted molar refractivity (Wildman–Crippen MR) is 64.1 cm³/mol. The minimum atomic E-state index is -0.839. The van der Waals surface area contributed by atoms with Gasteiger partial charge in [-0.3, -0.25) is 4.79 Å². The summed E-state index contributed by atoms with van der Waals surface area (Å²) in [6, 6.07) is 0. The number of rotatable bonds is 10. The minimum Gasteiger partial charge on any atom is -0.394 e. The van der Waals surface area contributed by atoms with Gasteiger partial charge in [-0.15, -0.1) is 0 Å². The van der Waals surface area contributed by atoms with E-state index in [1.165, 1.54) is 25.7 Å². The van der Waals surface area contributed by atoms with Gasteiger partial charge in [0.05, 0.1) is 12.7 Å². The van der Waals surface area contributed by atoms with Crippen molar-refractivity contribution >= 4 is 5.91 Å². The summed E-state index contributed by atoms with van der Waals surface area (Å²) in [5.74, 6) is -0.0389. The molecule has 0 heterocycles.